The lowest BCUT2D eigenvalue weighted by atomic mass is 9.46. The fourth-order valence-corrected chi connectivity index (χ4v) is 7.19. The minimum atomic E-state index is -1.19. The molecule has 3 N–H and O–H groups in total. The van der Waals surface area contributed by atoms with E-state index in [0.29, 0.717) is 32.3 Å². The van der Waals surface area contributed by atoms with Crippen molar-refractivity contribution in [1.29, 1.82) is 0 Å². The van der Waals surface area contributed by atoms with Crippen LogP contribution in [0.1, 0.15) is 59.3 Å². The summed E-state index contributed by atoms with van der Waals surface area (Å²) in [6, 6.07) is 0. The molecule has 8 atom stereocenters. The maximum Gasteiger partial charge on any atom is 0.162 e. The number of hydrogen-bond acceptors (Lipinski definition) is 6. The van der Waals surface area contributed by atoms with E-state index in [4.69, 9.17) is 4.74 Å². The van der Waals surface area contributed by atoms with Gasteiger partial charge in [0.05, 0.1) is 17.8 Å². The molecule has 4 aliphatic rings. The van der Waals surface area contributed by atoms with Crippen LogP contribution >= 0.6 is 0 Å². The number of Topliss-reactive ketones (excluding diaryl/α,β-unsaturated/α-hetero) is 1. The van der Waals surface area contributed by atoms with E-state index in [2.05, 4.69) is 0 Å². The summed E-state index contributed by atoms with van der Waals surface area (Å²) in [6.45, 7) is 6.43. The van der Waals surface area contributed by atoms with E-state index in [0.717, 1.165) is 12.0 Å². The van der Waals surface area contributed by atoms with Crippen LogP contribution < -0.4 is 0 Å². The molecule has 4 aliphatic carbocycles. The zero-order valence-electron chi connectivity index (χ0n) is 17.7. The Morgan fingerprint density at radius 2 is 1.90 bits per heavy atom. The molecule has 6 heteroatoms. The maximum absolute atomic E-state index is 13.1. The average Bonchev–Trinajstić information content (AvgIpc) is 2.94. The van der Waals surface area contributed by atoms with E-state index in [-0.39, 0.29) is 42.3 Å². The molecule has 4 rings (SSSR count). The van der Waals surface area contributed by atoms with Crippen LogP contribution in [0.15, 0.2) is 11.6 Å². The van der Waals surface area contributed by atoms with Gasteiger partial charge in [0.15, 0.2) is 11.6 Å². The molecule has 0 radical (unpaired) electrons. The molecule has 162 valence electrons. The van der Waals surface area contributed by atoms with Crippen molar-refractivity contribution in [3.8, 4) is 0 Å². The van der Waals surface area contributed by atoms with Gasteiger partial charge in [-0.1, -0.05) is 13.8 Å². The van der Waals surface area contributed by atoms with Crippen LogP contribution in [0.25, 0.3) is 0 Å². The van der Waals surface area contributed by atoms with Crippen molar-refractivity contribution in [2.24, 2.45) is 28.6 Å². The van der Waals surface area contributed by atoms with Gasteiger partial charge in [0.2, 0.25) is 0 Å². The lowest BCUT2D eigenvalue weighted by Crippen LogP contribution is -2.61. The first kappa shape index (κ1) is 21.2. The maximum atomic E-state index is 13.1. The number of fused-ring (bicyclic) bond motifs is 5. The molecular weight excluding hydrogens is 372 g/mol. The Morgan fingerprint density at radius 3 is 2.59 bits per heavy atom. The van der Waals surface area contributed by atoms with Crippen LogP contribution in [0.2, 0.25) is 0 Å². The summed E-state index contributed by atoms with van der Waals surface area (Å²) < 4.78 is 5.35. The fraction of sp³-hybridized carbons (Fsp3) is 0.826. The molecule has 0 heterocycles. The molecular formula is C23H34O6. The summed E-state index contributed by atoms with van der Waals surface area (Å²) in [6.07, 6.45) is 3.04. The average molecular weight is 407 g/mol. The van der Waals surface area contributed by atoms with E-state index in [1.165, 1.54) is 0 Å². The molecule has 3 fully saturated rings. The number of aliphatic hydroxyl groups excluding tert-OH is 2. The molecule has 0 spiro atoms. The van der Waals surface area contributed by atoms with Gasteiger partial charge >= 0.3 is 0 Å². The highest BCUT2D eigenvalue weighted by atomic mass is 16.5. The quantitative estimate of drug-likeness (QED) is 0.658. The molecule has 0 aromatic rings. The molecule has 7 unspecified atom stereocenters. The van der Waals surface area contributed by atoms with Gasteiger partial charge in [0, 0.05) is 23.9 Å². The predicted molar refractivity (Wildman–Crippen MR) is 106 cm³/mol. The van der Waals surface area contributed by atoms with Gasteiger partial charge in [-0.3, -0.25) is 9.59 Å². The topological polar surface area (TPSA) is 104 Å². The highest BCUT2D eigenvalue weighted by Gasteiger charge is 2.67. The van der Waals surface area contributed by atoms with Gasteiger partial charge in [-0.15, -0.1) is 0 Å². The molecule has 0 bridgehead atoms. The largest absolute Gasteiger partial charge is 0.390 e. The zero-order chi connectivity index (χ0) is 21.2. The van der Waals surface area contributed by atoms with E-state index < -0.39 is 28.6 Å². The van der Waals surface area contributed by atoms with Crippen LogP contribution in [0.4, 0.5) is 0 Å². The molecule has 0 saturated heterocycles. The molecule has 0 amide bonds. The van der Waals surface area contributed by atoms with Gasteiger partial charge in [0.1, 0.15) is 6.61 Å². The number of carbonyl (C=O) groups is 2. The molecule has 0 aliphatic heterocycles. The minimum absolute atomic E-state index is 0.0221. The number of carbonyl (C=O) groups excluding carboxylic acids is 2. The minimum Gasteiger partial charge on any atom is -0.390 e. The van der Waals surface area contributed by atoms with Crippen molar-refractivity contribution in [2.75, 3.05) is 13.2 Å². The number of ketones is 2. The van der Waals surface area contributed by atoms with Gasteiger partial charge in [-0.25, -0.2) is 0 Å². The molecule has 3 saturated carbocycles. The van der Waals surface area contributed by atoms with Crippen molar-refractivity contribution in [3.05, 3.63) is 11.6 Å². The van der Waals surface area contributed by atoms with Crippen molar-refractivity contribution in [3.63, 3.8) is 0 Å². The third-order valence-electron chi connectivity index (χ3n) is 8.95. The Hall–Kier alpha value is -1.08. The van der Waals surface area contributed by atoms with Crippen LogP contribution in [-0.2, 0) is 14.3 Å². The summed E-state index contributed by atoms with van der Waals surface area (Å²) in [4.78, 5) is 25.9. The van der Waals surface area contributed by atoms with E-state index in [9.17, 15) is 24.9 Å². The Morgan fingerprint density at radius 1 is 1.17 bits per heavy atom. The molecule has 6 nitrogen and oxygen atoms in total. The van der Waals surface area contributed by atoms with E-state index in [1.807, 2.05) is 20.8 Å². The number of hydrogen-bond donors (Lipinski definition) is 3. The first-order valence-electron chi connectivity index (χ1n) is 11.0. The number of aliphatic hydroxyl groups is 3. The second-order valence-electron chi connectivity index (χ2n) is 10.2. The van der Waals surface area contributed by atoms with Gasteiger partial charge in [-0.2, -0.15) is 0 Å². The first-order chi connectivity index (χ1) is 13.6. The van der Waals surface area contributed by atoms with E-state index >= 15 is 0 Å². The Kier molecular flexibility index (Phi) is 5.09. The molecule has 0 aromatic carbocycles. The Labute approximate surface area is 172 Å². The predicted octanol–water partition coefficient (Wildman–Crippen LogP) is 1.80. The Balaban J connectivity index is 1.71. The lowest BCUT2D eigenvalue weighted by molar-refractivity contribution is -0.155. The summed E-state index contributed by atoms with van der Waals surface area (Å²) in [5.41, 5.74) is -1.53. The van der Waals surface area contributed by atoms with Crippen molar-refractivity contribution < 1.29 is 29.6 Å². The van der Waals surface area contributed by atoms with Crippen LogP contribution in [0.5, 0.6) is 0 Å². The highest BCUT2D eigenvalue weighted by Crippen LogP contribution is 2.67. The van der Waals surface area contributed by atoms with Gasteiger partial charge in [-0.05, 0) is 68.4 Å². The summed E-state index contributed by atoms with van der Waals surface area (Å²) in [7, 11) is 0. The number of ether oxygens (including phenoxy) is 1. The summed E-state index contributed by atoms with van der Waals surface area (Å²) in [5.74, 6) is -0.663. The molecule has 29 heavy (non-hydrogen) atoms. The number of rotatable bonds is 4. The molecule has 0 aromatic heterocycles. The monoisotopic (exact) mass is 406 g/mol. The third-order valence-corrected chi connectivity index (χ3v) is 8.95. The first-order valence-corrected chi connectivity index (χ1v) is 11.0. The zero-order valence-corrected chi connectivity index (χ0v) is 17.7. The standard InChI is InChI=1S/C23H34O6/c1-4-29-12-20(27)14-6-8-23(28)15-9-17(24)16-10-18(25)19(26)11-21(16,2)13(15)5-7-22(14,23)3/h9,13-14,16,18-19,25-26,28H,4-8,10-12H2,1-3H3/t13?,14?,16?,18?,19?,21?,22?,23-/m1/s1. The van der Waals surface area contributed by atoms with Crippen molar-refractivity contribution >= 4 is 11.6 Å². The normalized spacial score (nSPS) is 49.1. The second kappa shape index (κ2) is 6.98. The van der Waals surface area contributed by atoms with Crippen LogP contribution in [-0.4, -0.2) is 57.9 Å². The highest BCUT2D eigenvalue weighted by molar-refractivity contribution is 5.95. The Bertz CT molecular complexity index is 746. The van der Waals surface area contributed by atoms with E-state index in [1.54, 1.807) is 6.08 Å². The number of allylic oxidation sites excluding steroid dienone is 1. The van der Waals surface area contributed by atoms with Crippen molar-refractivity contribution in [1.82, 2.24) is 0 Å². The lowest BCUT2D eigenvalue weighted by Gasteiger charge is -2.59. The van der Waals surface area contributed by atoms with Crippen LogP contribution in [0, 0.1) is 28.6 Å². The summed E-state index contributed by atoms with van der Waals surface area (Å²) >= 11 is 0. The fourth-order valence-electron chi connectivity index (χ4n) is 7.19. The van der Waals surface area contributed by atoms with Crippen molar-refractivity contribution in [2.45, 2.75) is 77.1 Å². The smallest absolute Gasteiger partial charge is 0.162 e. The summed E-state index contributed by atoms with van der Waals surface area (Å²) in [5, 5.41) is 32.4. The van der Waals surface area contributed by atoms with Crippen LogP contribution in [0.3, 0.4) is 0 Å². The van der Waals surface area contributed by atoms with Gasteiger partial charge < -0.3 is 20.1 Å². The third kappa shape index (κ3) is 2.83. The second-order valence-corrected chi connectivity index (χ2v) is 10.2. The van der Waals surface area contributed by atoms with Gasteiger partial charge in [0.25, 0.3) is 0 Å². The SMILES string of the molecule is CCOCC(=O)C1CC[C@@]2(O)C3=CC(=O)C4CC(O)C(O)CC4(C)C3CCC12C.